The van der Waals surface area contributed by atoms with E-state index in [1.165, 1.54) is 5.56 Å². The summed E-state index contributed by atoms with van der Waals surface area (Å²) in [5.41, 5.74) is 4.15. The molecule has 7 nitrogen and oxygen atoms in total. The SMILES string of the molecule is Cc1ccc(Nc2cc(C)nc(N3CCN(S(=O)(=O)c4ccc(C(C)C)cc4)CC3)n2)cc1. The molecule has 4 rings (SSSR count). The second-order valence-electron chi connectivity index (χ2n) is 8.80. The van der Waals surface area contributed by atoms with Gasteiger partial charge in [-0.3, -0.25) is 0 Å². The van der Waals surface area contributed by atoms with Crippen molar-refractivity contribution in [2.45, 2.75) is 38.5 Å². The molecule has 0 atom stereocenters. The second-order valence-corrected chi connectivity index (χ2v) is 10.7. The van der Waals surface area contributed by atoms with E-state index >= 15 is 0 Å². The van der Waals surface area contributed by atoms with E-state index < -0.39 is 10.0 Å². The van der Waals surface area contributed by atoms with Crippen LogP contribution in [0.2, 0.25) is 0 Å². The van der Waals surface area contributed by atoms with Crippen LogP contribution in [0.15, 0.2) is 59.5 Å². The third kappa shape index (κ3) is 5.34. The summed E-state index contributed by atoms with van der Waals surface area (Å²) in [6.07, 6.45) is 0. The number of hydrogen-bond donors (Lipinski definition) is 1. The van der Waals surface area contributed by atoms with Gasteiger partial charge in [-0.2, -0.15) is 9.29 Å². The minimum Gasteiger partial charge on any atom is -0.340 e. The van der Waals surface area contributed by atoms with E-state index in [4.69, 9.17) is 0 Å². The number of rotatable bonds is 6. The van der Waals surface area contributed by atoms with E-state index in [0.717, 1.165) is 22.8 Å². The van der Waals surface area contributed by atoms with Crippen molar-refractivity contribution in [1.82, 2.24) is 14.3 Å². The Labute approximate surface area is 196 Å². The van der Waals surface area contributed by atoms with Crippen LogP contribution < -0.4 is 10.2 Å². The van der Waals surface area contributed by atoms with Gasteiger partial charge in [0, 0.05) is 43.6 Å². The van der Waals surface area contributed by atoms with Crippen molar-refractivity contribution in [1.29, 1.82) is 0 Å². The van der Waals surface area contributed by atoms with E-state index in [1.54, 1.807) is 16.4 Å². The summed E-state index contributed by atoms with van der Waals surface area (Å²) >= 11 is 0. The fourth-order valence-corrected chi connectivity index (χ4v) is 5.27. The minimum atomic E-state index is -3.52. The number of nitrogens with one attached hydrogen (secondary N) is 1. The molecule has 1 saturated heterocycles. The molecule has 1 aromatic heterocycles. The maximum Gasteiger partial charge on any atom is 0.243 e. The van der Waals surface area contributed by atoms with Crippen LogP contribution >= 0.6 is 0 Å². The number of aryl methyl sites for hydroxylation is 2. The van der Waals surface area contributed by atoms with Gasteiger partial charge in [-0.05, 0) is 49.6 Å². The highest BCUT2D eigenvalue weighted by Crippen LogP contribution is 2.23. The van der Waals surface area contributed by atoms with Crippen LogP contribution in [0.25, 0.3) is 0 Å². The molecule has 1 aliphatic heterocycles. The number of piperazine rings is 1. The summed E-state index contributed by atoms with van der Waals surface area (Å²) in [5, 5.41) is 3.33. The molecule has 0 unspecified atom stereocenters. The summed E-state index contributed by atoms with van der Waals surface area (Å²) in [4.78, 5) is 11.7. The van der Waals surface area contributed by atoms with E-state index in [1.807, 2.05) is 54.3 Å². The predicted octanol–water partition coefficient (Wildman–Crippen LogP) is 4.47. The summed E-state index contributed by atoms with van der Waals surface area (Å²) in [6, 6.07) is 17.3. The number of sulfonamides is 1. The van der Waals surface area contributed by atoms with Crippen LogP contribution in [-0.4, -0.2) is 48.9 Å². The van der Waals surface area contributed by atoms with Crippen molar-refractivity contribution in [3.05, 3.63) is 71.4 Å². The summed E-state index contributed by atoms with van der Waals surface area (Å²) in [5.74, 6) is 1.70. The van der Waals surface area contributed by atoms with Crippen LogP contribution in [0.4, 0.5) is 17.5 Å². The monoisotopic (exact) mass is 465 g/mol. The Morgan fingerprint density at radius 3 is 2.12 bits per heavy atom. The molecule has 174 valence electrons. The van der Waals surface area contributed by atoms with Gasteiger partial charge in [0.15, 0.2) is 0 Å². The minimum absolute atomic E-state index is 0.344. The molecule has 0 amide bonds. The Kier molecular flexibility index (Phi) is 6.67. The zero-order valence-corrected chi connectivity index (χ0v) is 20.4. The fourth-order valence-electron chi connectivity index (χ4n) is 3.85. The Morgan fingerprint density at radius 2 is 1.52 bits per heavy atom. The molecule has 3 aromatic rings. The second kappa shape index (κ2) is 9.49. The van der Waals surface area contributed by atoms with Crippen LogP contribution in [0, 0.1) is 13.8 Å². The molecular weight excluding hydrogens is 434 g/mol. The lowest BCUT2D eigenvalue weighted by molar-refractivity contribution is 0.382. The zero-order valence-electron chi connectivity index (χ0n) is 19.6. The van der Waals surface area contributed by atoms with E-state index in [2.05, 4.69) is 36.1 Å². The molecule has 2 heterocycles. The highest BCUT2D eigenvalue weighted by atomic mass is 32.2. The third-order valence-electron chi connectivity index (χ3n) is 5.87. The predicted molar refractivity (Wildman–Crippen MR) is 133 cm³/mol. The van der Waals surface area contributed by atoms with E-state index in [-0.39, 0.29) is 0 Å². The Bertz CT molecular complexity index is 1200. The summed E-state index contributed by atoms with van der Waals surface area (Å²) < 4.78 is 27.8. The first kappa shape index (κ1) is 23.2. The van der Waals surface area contributed by atoms with Gasteiger partial charge in [0.2, 0.25) is 16.0 Å². The average molecular weight is 466 g/mol. The lowest BCUT2D eigenvalue weighted by Crippen LogP contribution is -2.49. The molecule has 0 saturated carbocycles. The normalized spacial score (nSPS) is 15.1. The molecule has 8 heteroatoms. The maximum atomic E-state index is 13.1. The molecule has 0 aliphatic carbocycles. The van der Waals surface area contributed by atoms with Gasteiger partial charge in [-0.1, -0.05) is 43.7 Å². The topological polar surface area (TPSA) is 78.4 Å². The van der Waals surface area contributed by atoms with Crippen LogP contribution in [0.1, 0.15) is 36.6 Å². The number of nitrogens with zero attached hydrogens (tertiary/aromatic N) is 4. The molecule has 0 spiro atoms. The number of aromatic nitrogens is 2. The number of hydrogen-bond acceptors (Lipinski definition) is 6. The smallest absolute Gasteiger partial charge is 0.243 e. The lowest BCUT2D eigenvalue weighted by atomic mass is 10.0. The number of benzene rings is 2. The quantitative estimate of drug-likeness (QED) is 0.579. The highest BCUT2D eigenvalue weighted by Gasteiger charge is 2.29. The molecular formula is C25H31N5O2S. The van der Waals surface area contributed by atoms with Crippen LogP contribution in [0.3, 0.4) is 0 Å². The van der Waals surface area contributed by atoms with Crippen molar-refractivity contribution in [2.24, 2.45) is 0 Å². The largest absolute Gasteiger partial charge is 0.340 e. The first-order valence-corrected chi connectivity index (χ1v) is 12.7. The third-order valence-corrected chi connectivity index (χ3v) is 7.79. The van der Waals surface area contributed by atoms with Gasteiger partial charge in [0.25, 0.3) is 0 Å². The summed E-state index contributed by atoms with van der Waals surface area (Å²) in [6.45, 7) is 10.0. The molecule has 1 fully saturated rings. The molecule has 1 N–H and O–H groups in total. The summed E-state index contributed by atoms with van der Waals surface area (Å²) in [7, 11) is -3.52. The maximum absolute atomic E-state index is 13.1. The molecule has 1 aliphatic rings. The standard InChI is InChI=1S/C25H31N5O2S/c1-18(2)21-7-11-23(12-8-21)33(31,32)30-15-13-29(14-16-30)25-26-20(4)17-24(28-25)27-22-9-5-19(3)6-10-22/h5-12,17-18H,13-16H2,1-4H3,(H,26,27,28). The van der Waals surface area contributed by atoms with E-state index in [9.17, 15) is 8.42 Å². The molecule has 2 aromatic carbocycles. The van der Waals surface area contributed by atoms with Gasteiger partial charge in [-0.15, -0.1) is 0 Å². The van der Waals surface area contributed by atoms with Crippen molar-refractivity contribution in [2.75, 3.05) is 36.4 Å². The Balaban J connectivity index is 1.45. The van der Waals surface area contributed by atoms with Crippen molar-refractivity contribution < 1.29 is 8.42 Å². The van der Waals surface area contributed by atoms with Gasteiger partial charge < -0.3 is 10.2 Å². The van der Waals surface area contributed by atoms with Gasteiger partial charge in [-0.25, -0.2) is 13.4 Å². The zero-order chi connectivity index (χ0) is 23.6. The molecule has 0 radical (unpaired) electrons. The van der Waals surface area contributed by atoms with Gasteiger partial charge >= 0.3 is 0 Å². The Hall–Kier alpha value is -2.97. The van der Waals surface area contributed by atoms with Crippen molar-refractivity contribution in [3.8, 4) is 0 Å². The fraction of sp³-hybridized carbons (Fsp3) is 0.360. The first-order chi connectivity index (χ1) is 15.7. The van der Waals surface area contributed by atoms with Crippen LogP contribution in [0.5, 0.6) is 0 Å². The van der Waals surface area contributed by atoms with Crippen molar-refractivity contribution >= 4 is 27.5 Å². The van der Waals surface area contributed by atoms with E-state index in [0.29, 0.717) is 42.9 Å². The first-order valence-electron chi connectivity index (χ1n) is 11.3. The number of anilines is 3. The van der Waals surface area contributed by atoms with Crippen LogP contribution in [-0.2, 0) is 10.0 Å². The van der Waals surface area contributed by atoms with Crippen molar-refractivity contribution in [3.63, 3.8) is 0 Å². The Morgan fingerprint density at radius 1 is 0.879 bits per heavy atom. The highest BCUT2D eigenvalue weighted by molar-refractivity contribution is 7.89. The molecule has 0 bridgehead atoms. The lowest BCUT2D eigenvalue weighted by Gasteiger charge is -2.34. The average Bonchev–Trinajstić information content (AvgIpc) is 2.80. The van der Waals surface area contributed by atoms with Gasteiger partial charge in [0.1, 0.15) is 5.82 Å². The molecule has 33 heavy (non-hydrogen) atoms. The van der Waals surface area contributed by atoms with Gasteiger partial charge in [0.05, 0.1) is 4.90 Å².